The molecule has 3 heteroatoms. The Morgan fingerprint density at radius 3 is 2.44 bits per heavy atom. The highest BCUT2D eigenvalue weighted by Gasteiger charge is 2.11. The summed E-state index contributed by atoms with van der Waals surface area (Å²) in [5.74, 6) is 0.812. The van der Waals surface area contributed by atoms with Gasteiger partial charge in [0.2, 0.25) is 0 Å². The maximum absolute atomic E-state index is 5.61. The molecule has 0 atom stereocenters. The van der Waals surface area contributed by atoms with E-state index in [0.717, 1.165) is 19.0 Å². The van der Waals surface area contributed by atoms with Crippen LogP contribution in [0.4, 0.5) is 0 Å². The standard InChI is InChI=1S/C6H13N3/c1-8-6(7)9-4-2-3-5-9/h2-5H2,1H3,(H2,7,8)/p+1. The first-order valence-electron chi connectivity index (χ1n) is 3.39. The van der Waals surface area contributed by atoms with E-state index in [2.05, 4.69) is 9.89 Å². The first kappa shape index (κ1) is 6.39. The topological polar surface area (TPSA) is 41.1 Å². The fraction of sp³-hybridized carbons (Fsp3) is 0.833. The SMILES string of the molecule is CNC(N)=[N+]1CCCC1. The van der Waals surface area contributed by atoms with Crippen molar-refractivity contribution in [1.29, 1.82) is 0 Å². The van der Waals surface area contributed by atoms with Gasteiger partial charge in [-0.15, -0.1) is 0 Å². The molecule has 3 N–H and O–H groups in total. The third kappa shape index (κ3) is 1.34. The molecule has 0 bridgehead atoms. The molecule has 0 radical (unpaired) electrons. The van der Waals surface area contributed by atoms with Crippen molar-refractivity contribution in [2.24, 2.45) is 5.73 Å². The van der Waals surface area contributed by atoms with Gasteiger partial charge in [-0.05, 0) is 12.8 Å². The van der Waals surface area contributed by atoms with Gasteiger partial charge in [0.1, 0.15) is 0 Å². The van der Waals surface area contributed by atoms with Crippen LogP contribution in [0, 0.1) is 0 Å². The van der Waals surface area contributed by atoms with Crippen molar-refractivity contribution in [3.63, 3.8) is 0 Å². The van der Waals surface area contributed by atoms with Crippen LogP contribution in [0.15, 0.2) is 0 Å². The van der Waals surface area contributed by atoms with E-state index in [-0.39, 0.29) is 0 Å². The molecule has 1 heterocycles. The van der Waals surface area contributed by atoms with E-state index in [1.165, 1.54) is 12.8 Å². The summed E-state index contributed by atoms with van der Waals surface area (Å²) in [4.78, 5) is 0. The number of guanidine groups is 1. The van der Waals surface area contributed by atoms with Crippen molar-refractivity contribution in [3.8, 4) is 0 Å². The van der Waals surface area contributed by atoms with Crippen LogP contribution in [-0.4, -0.2) is 30.7 Å². The Morgan fingerprint density at radius 1 is 1.44 bits per heavy atom. The quantitative estimate of drug-likeness (QED) is 0.335. The molecule has 0 unspecified atom stereocenters. The Morgan fingerprint density at radius 2 is 2.00 bits per heavy atom. The second-order valence-electron chi connectivity index (χ2n) is 2.33. The molecule has 9 heavy (non-hydrogen) atoms. The van der Waals surface area contributed by atoms with Gasteiger partial charge in [0.25, 0.3) is 0 Å². The molecular weight excluding hydrogens is 114 g/mol. The maximum atomic E-state index is 5.61. The molecule has 1 saturated heterocycles. The van der Waals surface area contributed by atoms with Crippen LogP contribution in [0.1, 0.15) is 12.8 Å². The van der Waals surface area contributed by atoms with Crippen molar-refractivity contribution in [3.05, 3.63) is 0 Å². The van der Waals surface area contributed by atoms with Gasteiger partial charge < -0.3 is 0 Å². The Labute approximate surface area is 55.6 Å². The molecule has 1 aliphatic rings. The highest BCUT2D eigenvalue weighted by molar-refractivity contribution is 5.72. The van der Waals surface area contributed by atoms with Crippen molar-refractivity contribution < 1.29 is 4.58 Å². The first-order chi connectivity index (χ1) is 4.34. The van der Waals surface area contributed by atoms with Crippen molar-refractivity contribution in [1.82, 2.24) is 5.32 Å². The number of hydrogen-bond donors (Lipinski definition) is 2. The summed E-state index contributed by atoms with van der Waals surface area (Å²) < 4.78 is 2.17. The predicted octanol–water partition coefficient (Wildman–Crippen LogP) is -0.673. The highest BCUT2D eigenvalue weighted by Crippen LogP contribution is 1.99. The number of nitrogens with zero attached hydrogens (tertiary/aromatic N) is 1. The van der Waals surface area contributed by atoms with Crippen LogP contribution >= 0.6 is 0 Å². The zero-order valence-electron chi connectivity index (χ0n) is 5.85. The zero-order chi connectivity index (χ0) is 6.69. The van der Waals surface area contributed by atoms with E-state index in [0.29, 0.717) is 0 Å². The van der Waals surface area contributed by atoms with E-state index in [1.807, 2.05) is 7.05 Å². The summed E-state index contributed by atoms with van der Waals surface area (Å²) in [5, 5.41) is 2.93. The lowest BCUT2D eigenvalue weighted by Crippen LogP contribution is -2.37. The van der Waals surface area contributed by atoms with Gasteiger partial charge in [-0.2, -0.15) is 0 Å². The Balaban J connectivity index is 2.55. The normalized spacial score (nSPS) is 18.1. The number of nitrogens with two attached hydrogens (primary N) is 1. The molecule has 1 rings (SSSR count). The molecule has 0 saturated carbocycles. The Hall–Kier alpha value is -0.730. The summed E-state index contributed by atoms with van der Waals surface area (Å²) in [7, 11) is 1.85. The minimum Gasteiger partial charge on any atom is -0.291 e. The van der Waals surface area contributed by atoms with Gasteiger partial charge in [0, 0.05) is 0 Å². The fourth-order valence-corrected chi connectivity index (χ4v) is 1.12. The maximum Gasteiger partial charge on any atom is 0.343 e. The number of rotatable bonds is 0. The van der Waals surface area contributed by atoms with Crippen molar-refractivity contribution in [2.75, 3.05) is 20.1 Å². The molecule has 1 aliphatic heterocycles. The second-order valence-corrected chi connectivity index (χ2v) is 2.33. The molecule has 0 aromatic carbocycles. The largest absolute Gasteiger partial charge is 0.343 e. The fourth-order valence-electron chi connectivity index (χ4n) is 1.12. The third-order valence-corrected chi connectivity index (χ3v) is 1.70. The number of hydrogen-bond acceptors (Lipinski definition) is 0. The molecular formula is C6H14N3+. The second kappa shape index (κ2) is 2.71. The van der Waals surface area contributed by atoms with E-state index in [4.69, 9.17) is 5.73 Å². The van der Waals surface area contributed by atoms with E-state index in [9.17, 15) is 0 Å². The molecule has 0 amide bonds. The monoisotopic (exact) mass is 128 g/mol. The molecule has 0 aromatic heterocycles. The van der Waals surface area contributed by atoms with Gasteiger partial charge in [-0.1, -0.05) is 0 Å². The summed E-state index contributed by atoms with van der Waals surface area (Å²) in [5.41, 5.74) is 5.61. The molecule has 52 valence electrons. The minimum absolute atomic E-state index is 0.812. The van der Waals surface area contributed by atoms with Gasteiger partial charge in [-0.25, -0.2) is 0 Å². The smallest absolute Gasteiger partial charge is 0.291 e. The Kier molecular flexibility index (Phi) is 1.92. The lowest BCUT2D eigenvalue weighted by molar-refractivity contribution is -0.508. The van der Waals surface area contributed by atoms with Crippen molar-refractivity contribution in [2.45, 2.75) is 12.8 Å². The minimum atomic E-state index is 0.812. The highest BCUT2D eigenvalue weighted by atomic mass is 15.2. The molecule has 0 aromatic rings. The summed E-state index contributed by atoms with van der Waals surface area (Å²) in [6.45, 7) is 2.24. The van der Waals surface area contributed by atoms with Crippen molar-refractivity contribution >= 4 is 5.96 Å². The average Bonchev–Trinajstić information content (AvgIpc) is 2.37. The third-order valence-electron chi connectivity index (χ3n) is 1.70. The lowest BCUT2D eigenvalue weighted by atomic mass is 10.4. The summed E-state index contributed by atoms with van der Waals surface area (Å²) >= 11 is 0. The lowest BCUT2D eigenvalue weighted by Gasteiger charge is -1.98. The van der Waals surface area contributed by atoms with Gasteiger partial charge in [0.05, 0.1) is 20.1 Å². The van der Waals surface area contributed by atoms with Crippen LogP contribution in [0.5, 0.6) is 0 Å². The van der Waals surface area contributed by atoms with Gasteiger partial charge in [0.15, 0.2) is 0 Å². The Bertz CT molecular complexity index is 120. The van der Waals surface area contributed by atoms with E-state index < -0.39 is 0 Å². The van der Waals surface area contributed by atoms with Crippen LogP contribution in [0.25, 0.3) is 0 Å². The number of nitrogens with one attached hydrogen (secondary N) is 1. The molecule has 0 aliphatic carbocycles. The van der Waals surface area contributed by atoms with Crippen LogP contribution in [0.2, 0.25) is 0 Å². The van der Waals surface area contributed by atoms with Gasteiger partial charge >= 0.3 is 5.96 Å². The molecule has 0 spiro atoms. The van der Waals surface area contributed by atoms with Crippen LogP contribution < -0.4 is 11.1 Å². The van der Waals surface area contributed by atoms with Crippen LogP contribution in [0.3, 0.4) is 0 Å². The zero-order valence-corrected chi connectivity index (χ0v) is 5.85. The summed E-state index contributed by atoms with van der Waals surface area (Å²) in [6.07, 6.45) is 2.56. The average molecular weight is 128 g/mol. The van der Waals surface area contributed by atoms with E-state index in [1.54, 1.807) is 0 Å². The predicted molar refractivity (Wildman–Crippen MR) is 37.5 cm³/mol. The molecule has 1 fully saturated rings. The summed E-state index contributed by atoms with van der Waals surface area (Å²) in [6, 6.07) is 0. The first-order valence-corrected chi connectivity index (χ1v) is 3.39. The molecule has 3 nitrogen and oxygen atoms in total. The van der Waals surface area contributed by atoms with E-state index >= 15 is 0 Å². The van der Waals surface area contributed by atoms with Gasteiger partial charge in [-0.3, -0.25) is 15.6 Å². The van der Waals surface area contributed by atoms with Crippen LogP contribution in [-0.2, 0) is 0 Å².